The fourth-order valence-electron chi connectivity index (χ4n) is 2.99. The van der Waals surface area contributed by atoms with Crippen molar-refractivity contribution in [2.45, 2.75) is 6.42 Å². The summed E-state index contributed by atoms with van der Waals surface area (Å²) in [7, 11) is 1.63. The summed E-state index contributed by atoms with van der Waals surface area (Å²) < 4.78 is 5.17. The average Bonchev–Trinajstić information content (AvgIpc) is 3.27. The molecular formula is C24H21ClN4O3S. The van der Waals surface area contributed by atoms with Crippen molar-refractivity contribution in [1.82, 2.24) is 10.2 Å². The van der Waals surface area contributed by atoms with Gasteiger partial charge in [-0.1, -0.05) is 47.7 Å². The van der Waals surface area contributed by atoms with E-state index < -0.39 is 0 Å². The molecule has 0 radical (unpaired) electrons. The van der Waals surface area contributed by atoms with Gasteiger partial charge in [0.05, 0.1) is 7.11 Å². The lowest BCUT2D eigenvalue weighted by Gasteiger charge is -2.07. The maximum atomic E-state index is 12.7. The monoisotopic (exact) mass is 480 g/mol. The topological polar surface area (TPSA) is 93.2 Å². The normalized spacial score (nSPS) is 10.1. The van der Waals surface area contributed by atoms with Gasteiger partial charge in [0.2, 0.25) is 5.13 Å². The number of benzene rings is 3. The maximum absolute atomic E-state index is 12.7. The first-order valence-electron chi connectivity index (χ1n) is 9.84. The molecule has 0 saturated heterocycles. The molecule has 0 unspecified atom stereocenters. The van der Waals surface area contributed by atoms with Crippen LogP contribution in [0.1, 0.15) is 31.3 Å². The lowest BCUT2D eigenvalue weighted by molar-refractivity contribution is 0.101. The van der Waals surface area contributed by atoms with Crippen LogP contribution in [0.4, 0.5) is 10.8 Å². The predicted molar refractivity (Wildman–Crippen MR) is 132 cm³/mol. The Labute approximate surface area is 201 Å². The molecule has 0 saturated carbocycles. The molecule has 3 aromatic carbocycles. The number of hydrogen-bond donors (Lipinski definition) is 2. The minimum Gasteiger partial charge on any atom is -0.497 e. The van der Waals surface area contributed by atoms with Gasteiger partial charge in [0.1, 0.15) is 10.8 Å². The number of carbonyl (C=O) groups is 2. The number of carbonyl (C=O) groups excluding carboxylic acids is 2. The number of anilines is 2. The van der Waals surface area contributed by atoms with Crippen molar-refractivity contribution in [3.63, 3.8) is 0 Å². The number of aromatic nitrogens is 2. The molecule has 4 aromatic rings. The van der Waals surface area contributed by atoms with Crippen LogP contribution in [-0.4, -0.2) is 29.1 Å². The Bertz CT molecular complexity index is 1230. The Morgan fingerprint density at radius 2 is 1.55 bits per heavy atom. The van der Waals surface area contributed by atoms with E-state index in [0.717, 1.165) is 16.3 Å². The van der Waals surface area contributed by atoms with E-state index >= 15 is 0 Å². The first kappa shape index (κ1) is 23.9. The zero-order valence-corrected chi connectivity index (χ0v) is 19.3. The second kappa shape index (κ2) is 11.2. The van der Waals surface area contributed by atoms with Gasteiger partial charge < -0.3 is 10.1 Å². The van der Waals surface area contributed by atoms with E-state index in [1.807, 2.05) is 30.3 Å². The Morgan fingerprint density at radius 1 is 0.848 bits per heavy atom. The Kier molecular flexibility index (Phi) is 8.12. The molecule has 0 fully saturated rings. The Hall–Kier alpha value is -3.75. The van der Waals surface area contributed by atoms with E-state index in [-0.39, 0.29) is 24.2 Å². The highest BCUT2D eigenvalue weighted by Crippen LogP contribution is 2.21. The molecule has 0 aliphatic rings. The number of rotatable bonds is 7. The number of ether oxygens (including phenoxy) is 1. The quantitative estimate of drug-likeness (QED) is 0.385. The third-order valence-corrected chi connectivity index (χ3v) is 5.46. The van der Waals surface area contributed by atoms with Crippen LogP contribution in [0, 0.1) is 0 Å². The summed E-state index contributed by atoms with van der Waals surface area (Å²) in [5.41, 5.74) is 2.55. The molecule has 0 aliphatic carbocycles. The van der Waals surface area contributed by atoms with Crippen LogP contribution in [0.3, 0.4) is 0 Å². The Balaban J connectivity index is 0.00000306. The SMILES string of the molecule is COc1ccc(Cc2nnc(NC(=O)c3cccc(NC(=O)c4ccccc4)c3)s2)cc1.Cl. The smallest absolute Gasteiger partial charge is 0.257 e. The molecule has 2 amide bonds. The van der Waals surface area contributed by atoms with E-state index in [1.54, 1.807) is 55.6 Å². The zero-order chi connectivity index (χ0) is 22.3. The largest absolute Gasteiger partial charge is 0.497 e. The number of halogens is 1. The van der Waals surface area contributed by atoms with Crippen LogP contribution < -0.4 is 15.4 Å². The number of nitrogens with one attached hydrogen (secondary N) is 2. The summed E-state index contributed by atoms with van der Waals surface area (Å²) in [5, 5.41) is 15.0. The molecule has 2 N–H and O–H groups in total. The molecule has 0 bridgehead atoms. The van der Waals surface area contributed by atoms with Crippen molar-refractivity contribution in [3.05, 3.63) is 101 Å². The van der Waals surface area contributed by atoms with Crippen LogP contribution in [-0.2, 0) is 6.42 Å². The summed E-state index contributed by atoms with van der Waals surface area (Å²) in [6.45, 7) is 0. The summed E-state index contributed by atoms with van der Waals surface area (Å²) in [6, 6.07) is 23.3. The highest BCUT2D eigenvalue weighted by atomic mass is 35.5. The Morgan fingerprint density at radius 3 is 2.27 bits per heavy atom. The van der Waals surface area contributed by atoms with Crippen LogP contribution in [0.25, 0.3) is 0 Å². The fourth-order valence-corrected chi connectivity index (χ4v) is 3.76. The molecule has 4 rings (SSSR count). The molecule has 0 spiro atoms. The first-order valence-corrected chi connectivity index (χ1v) is 10.7. The highest BCUT2D eigenvalue weighted by molar-refractivity contribution is 7.15. The van der Waals surface area contributed by atoms with Gasteiger partial charge in [-0.2, -0.15) is 0 Å². The summed E-state index contributed by atoms with van der Waals surface area (Å²) in [6.07, 6.45) is 0.610. The lowest BCUT2D eigenvalue weighted by atomic mass is 10.1. The number of amides is 2. The van der Waals surface area contributed by atoms with Crippen molar-refractivity contribution in [1.29, 1.82) is 0 Å². The van der Waals surface area contributed by atoms with Gasteiger partial charge in [0.25, 0.3) is 11.8 Å². The average molecular weight is 481 g/mol. The van der Waals surface area contributed by atoms with Gasteiger partial charge in [0.15, 0.2) is 0 Å². The standard InChI is InChI=1S/C24H20N4O3S.ClH/c1-31-20-12-10-16(11-13-20)14-21-27-28-24(32-21)26-23(30)18-8-5-9-19(15-18)25-22(29)17-6-3-2-4-7-17;/h2-13,15H,14H2,1H3,(H,25,29)(H,26,28,30);1H. The minimum atomic E-state index is -0.326. The van der Waals surface area contributed by atoms with Crippen molar-refractivity contribution in [3.8, 4) is 5.75 Å². The molecular weight excluding hydrogens is 460 g/mol. The van der Waals surface area contributed by atoms with Gasteiger partial charge in [-0.05, 0) is 48.0 Å². The van der Waals surface area contributed by atoms with Gasteiger partial charge in [-0.25, -0.2) is 0 Å². The predicted octanol–water partition coefficient (Wildman–Crippen LogP) is 5.06. The van der Waals surface area contributed by atoms with Gasteiger partial charge in [0, 0.05) is 23.2 Å². The third kappa shape index (κ3) is 6.38. The fraction of sp³-hybridized carbons (Fsp3) is 0.0833. The van der Waals surface area contributed by atoms with E-state index in [4.69, 9.17) is 4.74 Å². The number of methoxy groups -OCH3 is 1. The zero-order valence-electron chi connectivity index (χ0n) is 17.6. The molecule has 0 atom stereocenters. The summed E-state index contributed by atoms with van der Waals surface area (Å²) in [5.74, 6) is 0.226. The van der Waals surface area contributed by atoms with Crippen LogP contribution in [0.15, 0.2) is 78.9 Å². The molecule has 1 aromatic heterocycles. The second-order valence-corrected chi connectivity index (χ2v) is 7.94. The molecule has 1 heterocycles. The minimum absolute atomic E-state index is 0. The van der Waals surface area contributed by atoms with Crippen molar-refractivity contribution >= 4 is 46.4 Å². The molecule has 33 heavy (non-hydrogen) atoms. The van der Waals surface area contributed by atoms with E-state index in [1.165, 1.54) is 11.3 Å². The van der Waals surface area contributed by atoms with Crippen molar-refractivity contribution in [2.75, 3.05) is 17.7 Å². The van der Waals surface area contributed by atoms with Gasteiger partial charge in [-0.15, -0.1) is 22.6 Å². The van der Waals surface area contributed by atoms with E-state index in [2.05, 4.69) is 20.8 Å². The van der Waals surface area contributed by atoms with Crippen LogP contribution in [0.2, 0.25) is 0 Å². The van der Waals surface area contributed by atoms with E-state index in [9.17, 15) is 9.59 Å². The summed E-state index contributed by atoms with van der Waals surface area (Å²) in [4.78, 5) is 25.0. The number of hydrogen-bond acceptors (Lipinski definition) is 6. The van der Waals surface area contributed by atoms with Gasteiger partial charge >= 0.3 is 0 Å². The van der Waals surface area contributed by atoms with Crippen LogP contribution >= 0.6 is 23.7 Å². The second-order valence-electron chi connectivity index (χ2n) is 6.88. The molecule has 0 aliphatic heterocycles. The van der Waals surface area contributed by atoms with Crippen LogP contribution in [0.5, 0.6) is 5.75 Å². The highest BCUT2D eigenvalue weighted by Gasteiger charge is 2.12. The van der Waals surface area contributed by atoms with Crippen molar-refractivity contribution < 1.29 is 14.3 Å². The van der Waals surface area contributed by atoms with E-state index in [0.29, 0.717) is 28.4 Å². The first-order chi connectivity index (χ1) is 15.6. The molecule has 9 heteroatoms. The summed E-state index contributed by atoms with van der Waals surface area (Å²) >= 11 is 1.32. The maximum Gasteiger partial charge on any atom is 0.257 e. The molecule has 168 valence electrons. The molecule has 7 nitrogen and oxygen atoms in total. The van der Waals surface area contributed by atoms with Crippen molar-refractivity contribution in [2.24, 2.45) is 0 Å². The number of nitrogens with zero attached hydrogens (tertiary/aromatic N) is 2. The van der Waals surface area contributed by atoms with Gasteiger partial charge in [-0.3, -0.25) is 14.9 Å². The third-order valence-electron chi connectivity index (χ3n) is 4.62. The lowest BCUT2D eigenvalue weighted by Crippen LogP contribution is -2.14.